The first-order valence-electron chi connectivity index (χ1n) is 13.8. The van der Waals surface area contributed by atoms with Crippen LogP contribution in [0.15, 0.2) is 35.1 Å². The van der Waals surface area contributed by atoms with Crippen LogP contribution in [-0.2, 0) is 4.79 Å². The Balaban J connectivity index is 0.00000108. The topological polar surface area (TPSA) is 141 Å². The van der Waals surface area contributed by atoms with Crippen molar-refractivity contribution in [1.82, 2.24) is 24.8 Å². The van der Waals surface area contributed by atoms with E-state index in [2.05, 4.69) is 25.1 Å². The molecule has 216 valence electrons. The largest absolute Gasteiger partial charge is 0.444 e. The van der Waals surface area contributed by atoms with Gasteiger partial charge < -0.3 is 29.5 Å². The molecule has 0 unspecified atom stereocenters. The van der Waals surface area contributed by atoms with Crippen LogP contribution in [0, 0.1) is 6.92 Å². The fraction of sp³-hybridized carbons (Fsp3) is 0.429. The number of carbonyl (C=O) groups excluding carboxylic acids is 2. The highest BCUT2D eigenvalue weighted by Crippen LogP contribution is 2.36. The van der Waals surface area contributed by atoms with Gasteiger partial charge in [-0.15, -0.1) is 0 Å². The Morgan fingerprint density at radius 3 is 2.54 bits per heavy atom. The molecular weight excluding hydrogens is 544 g/mol. The van der Waals surface area contributed by atoms with Crippen molar-refractivity contribution in [3.63, 3.8) is 0 Å². The van der Waals surface area contributed by atoms with Crippen molar-refractivity contribution >= 4 is 50.6 Å². The van der Waals surface area contributed by atoms with Crippen LogP contribution in [0.3, 0.4) is 0 Å². The van der Waals surface area contributed by atoms with Crippen LogP contribution in [0.1, 0.15) is 42.4 Å². The maximum Gasteiger partial charge on any atom is 0.277 e. The van der Waals surface area contributed by atoms with Gasteiger partial charge in [-0.25, -0.2) is 9.97 Å². The Hall–Kier alpha value is -4.10. The minimum Gasteiger partial charge on any atom is -0.444 e. The van der Waals surface area contributed by atoms with Gasteiger partial charge in [0.15, 0.2) is 22.3 Å². The maximum absolute atomic E-state index is 13.3. The van der Waals surface area contributed by atoms with E-state index in [1.165, 1.54) is 12.7 Å². The van der Waals surface area contributed by atoms with E-state index in [0.29, 0.717) is 30.3 Å². The molecular formula is C28H34N8O4S. The summed E-state index contributed by atoms with van der Waals surface area (Å²) in [7, 11) is 0. The predicted molar refractivity (Wildman–Crippen MR) is 159 cm³/mol. The highest BCUT2D eigenvalue weighted by molar-refractivity contribution is 7.22. The third-order valence-electron chi connectivity index (χ3n) is 6.87. The summed E-state index contributed by atoms with van der Waals surface area (Å²) < 4.78 is 6.49. The standard InChI is InChI=1S/C26H28N8O3S.C2H6O/c1-17-13-18(5-6-27-17)25-29-20(15-37-25)24(36)28-19-14-21-22(30-23(19)33-7-3-2-4-8-33)31-26(38-21)34-11-9-32(16-35)10-12-34;1-2-3/h5-6,13-16H,2-4,7-12H2,1H3,(H,28,36);3H,2H2,1H3. The molecule has 2 aliphatic rings. The summed E-state index contributed by atoms with van der Waals surface area (Å²) >= 11 is 1.54. The van der Waals surface area contributed by atoms with Gasteiger partial charge in [-0.05, 0) is 51.3 Å². The number of thiazole rings is 1. The second-order valence-corrected chi connectivity index (χ2v) is 10.9. The molecule has 13 heteroatoms. The lowest BCUT2D eigenvalue weighted by atomic mass is 10.1. The third-order valence-corrected chi connectivity index (χ3v) is 7.92. The van der Waals surface area contributed by atoms with E-state index in [1.54, 1.807) is 35.4 Å². The zero-order valence-corrected chi connectivity index (χ0v) is 24.1. The Kier molecular flexibility index (Phi) is 9.04. The molecule has 0 aromatic carbocycles. The average Bonchev–Trinajstić information content (AvgIpc) is 3.66. The third kappa shape index (κ3) is 6.63. The molecule has 0 bridgehead atoms. The first kappa shape index (κ1) is 28.4. The van der Waals surface area contributed by atoms with Gasteiger partial charge in [0.1, 0.15) is 6.26 Å². The van der Waals surface area contributed by atoms with Crippen LogP contribution in [0.25, 0.3) is 21.8 Å². The molecule has 6 rings (SSSR count). The number of fused-ring (bicyclic) bond motifs is 1. The molecule has 0 radical (unpaired) electrons. The van der Waals surface area contributed by atoms with Crippen LogP contribution in [0.5, 0.6) is 0 Å². The van der Waals surface area contributed by atoms with Gasteiger partial charge in [0.2, 0.25) is 12.3 Å². The molecule has 0 saturated carbocycles. The first-order chi connectivity index (χ1) is 20.0. The number of hydrogen-bond acceptors (Lipinski definition) is 11. The molecule has 12 nitrogen and oxygen atoms in total. The number of hydrogen-bond donors (Lipinski definition) is 2. The van der Waals surface area contributed by atoms with Gasteiger partial charge in [-0.2, -0.15) is 4.98 Å². The van der Waals surface area contributed by atoms with Crippen LogP contribution in [0.4, 0.5) is 16.6 Å². The predicted octanol–water partition coefficient (Wildman–Crippen LogP) is 3.57. The highest BCUT2D eigenvalue weighted by Gasteiger charge is 2.24. The number of nitrogens with zero attached hydrogens (tertiary/aromatic N) is 7. The molecule has 0 aliphatic carbocycles. The minimum atomic E-state index is -0.361. The van der Waals surface area contributed by atoms with E-state index in [0.717, 1.165) is 72.3 Å². The van der Waals surface area contributed by atoms with E-state index >= 15 is 0 Å². The van der Waals surface area contributed by atoms with E-state index in [4.69, 9.17) is 19.5 Å². The summed E-state index contributed by atoms with van der Waals surface area (Å²) in [6.45, 7) is 8.38. The first-order valence-corrected chi connectivity index (χ1v) is 14.6. The number of aryl methyl sites for hydroxylation is 1. The summed E-state index contributed by atoms with van der Waals surface area (Å²) in [6, 6.07) is 5.62. The van der Waals surface area contributed by atoms with Crippen LogP contribution in [-0.4, -0.2) is 88.1 Å². The van der Waals surface area contributed by atoms with Crippen molar-refractivity contribution in [2.45, 2.75) is 33.1 Å². The van der Waals surface area contributed by atoms with E-state index in [9.17, 15) is 9.59 Å². The van der Waals surface area contributed by atoms with Crippen molar-refractivity contribution in [3.8, 4) is 11.5 Å². The van der Waals surface area contributed by atoms with Crippen molar-refractivity contribution in [1.29, 1.82) is 0 Å². The number of rotatable bonds is 6. The fourth-order valence-electron chi connectivity index (χ4n) is 4.81. The monoisotopic (exact) mass is 578 g/mol. The van der Waals surface area contributed by atoms with Crippen LogP contribution in [0.2, 0.25) is 0 Å². The average molecular weight is 579 g/mol. The molecule has 6 heterocycles. The number of aliphatic hydroxyl groups excluding tert-OH is 1. The lowest BCUT2D eigenvalue weighted by Crippen LogP contribution is -2.45. The number of amides is 2. The zero-order chi connectivity index (χ0) is 28.8. The summed E-state index contributed by atoms with van der Waals surface area (Å²) in [5, 5.41) is 11.5. The van der Waals surface area contributed by atoms with Crippen molar-refractivity contribution < 1.29 is 19.1 Å². The number of piperazine rings is 1. The normalized spacial score (nSPS) is 15.4. The highest BCUT2D eigenvalue weighted by atomic mass is 32.1. The molecule has 0 atom stereocenters. The second kappa shape index (κ2) is 13.0. The lowest BCUT2D eigenvalue weighted by Gasteiger charge is -2.32. The van der Waals surface area contributed by atoms with Crippen LogP contribution < -0.4 is 15.1 Å². The van der Waals surface area contributed by atoms with Gasteiger partial charge in [-0.1, -0.05) is 11.3 Å². The van der Waals surface area contributed by atoms with Gasteiger partial charge in [0.05, 0.1) is 10.4 Å². The molecule has 4 aromatic rings. The Morgan fingerprint density at radius 1 is 1.07 bits per heavy atom. The number of carbonyl (C=O) groups is 2. The quantitative estimate of drug-likeness (QED) is 0.326. The SMILES string of the molecule is CCO.Cc1cc(-c2nc(C(=O)Nc3cc4sc(N5CCN(C=O)CC5)nc4nc3N3CCCCC3)co2)ccn1. The molecule has 2 amide bonds. The van der Waals surface area contributed by atoms with Gasteiger partial charge in [0, 0.05) is 63.3 Å². The molecule has 2 saturated heterocycles. The maximum atomic E-state index is 13.3. The number of pyridine rings is 2. The van der Waals surface area contributed by atoms with E-state index < -0.39 is 0 Å². The van der Waals surface area contributed by atoms with Crippen molar-refractivity contribution in [2.24, 2.45) is 0 Å². The molecule has 2 aliphatic heterocycles. The number of oxazole rings is 1. The zero-order valence-electron chi connectivity index (χ0n) is 23.2. The van der Waals surface area contributed by atoms with Crippen molar-refractivity contribution in [2.75, 3.05) is 61.0 Å². The number of aliphatic hydroxyl groups is 1. The molecule has 0 spiro atoms. The summed E-state index contributed by atoms with van der Waals surface area (Å²) in [4.78, 5) is 48.9. The Morgan fingerprint density at radius 2 is 1.83 bits per heavy atom. The molecule has 41 heavy (non-hydrogen) atoms. The smallest absolute Gasteiger partial charge is 0.277 e. The fourth-order valence-corrected chi connectivity index (χ4v) is 5.81. The van der Waals surface area contributed by atoms with Crippen molar-refractivity contribution in [3.05, 3.63) is 42.0 Å². The number of aromatic nitrogens is 4. The molecule has 2 N–H and O–H groups in total. The van der Waals surface area contributed by atoms with Gasteiger partial charge >= 0.3 is 0 Å². The van der Waals surface area contributed by atoms with Gasteiger partial charge in [-0.3, -0.25) is 14.6 Å². The number of anilines is 3. The summed E-state index contributed by atoms with van der Waals surface area (Å²) in [5.74, 6) is 0.730. The minimum absolute atomic E-state index is 0.192. The van der Waals surface area contributed by atoms with E-state index in [1.807, 2.05) is 19.1 Å². The molecule has 4 aromatic heterocycles. The van der Waals surface area contributed by atoms with Crippen LogP contribution >= 0.6 is 11.3 Å². The lowest BCUT2D eigenvalue weighted by molar-refractivity contribution is -0.118. The second-order valence-electron chi connectivity index (χ2n) is 9.85. The summed E-state index contributed by atoms with van der Waals surface area (Å²) in [5.41, 5.74) is 3.09. The van der Waals surface area contributed by atoms with Gasteiger partial charge in [0.25, 0.3) is 5.91 Å². The molecule has 2 fully saturated rings. The Bertz CT molecular complexity index is 1490. The number of nitrogens with one attached hydrogen (secondary N) is 1. The summed E-state index contributed by atoms with van der Waals surface area (Å²) in [6.07, 6.45) is 7.29. The van der Waals surface area contributed by atoms with E-state index in [-0.39, 0.29) is 18.2 Å². The Labute approximate surface area is 242 Å². The number of piperidine rings is 1.